The number of benzene rings is 4. The minimum Gasteiger partial charge on any atom is -0.436 e. The predicted octanol–water partition coefficient (Wildman–Crippen LogP) is 7.40. The van der Waals surface area contributed by atoms with Crippen molar-refractivity contribution in [3.05, 3.63) is 108 Å². The number of nitrogens with one attached hydrogen (secondary N) is 2. The van der Waals surface area contributed by atoms with Crippen molar-refractivity contribution < 1.29 is 18.4 Å². The summed E-state index contributed by atoms with van der Waals surface area (Å²) in [4.78, 5) is 30.8. The molecule has 1 heterocycles. The van der Waals surface area contributed by atoms with E-state index in [2.05, 4.69) is 15.6 Å². The maximum atomic E-state index is 13.9. The lowest BCUT2D eigenvalue weighted by atomic mass is 10.2. The lowest BCUT2D eigenvalue weighted by Crippen LogP contribution is -2.24. The van der Waals surface area contributed by atoms with Gasteiger partial charge in [0, 0.05) is 21.8 Å². The van der Waals surface area contributed by atoms with Gasteiger partial charge >= 0.3 is 0 Å². The highest BCUT2D eigenvalue weighted by Crippen LogP contribution is 2.30. The lowest BCUT2D eigenvalue weighted by molar-refractivity contribution is -0.115. The van der Waals surface area contributed by atoms with E-state index >= 15 is 0 Å². The van der Waals surface area contributed by atoms with Gasteiger partial charge in [-0.15, -0.1) is 11.8 Å². The SMILES string of the molecule is CCC(Sc1cccc(NC(=O)c2ccccc2F)c1)C(=O)Nc1ccc(-c2nc3ccccc3o2)cc1. The molecule has 0 saturated heterocycles. The van der Waals surface area contributed by atoms with E-state index in [0.717, 1.165) is 21.6 Å². The van der Waals surface area contributed by atoms with Gasteiger partial charge < -0.3 is 15.1 Å². The number of para-hydroxylation sites is 2. The zero-order valence-electron chi connectivity index (χ0n) is 20.5. The number of carbonyl (C=O) groups is 2. The van der Waals surface area contributed by atoms with Crippen molar-refractivity contribution in [3.8, 4) is 11.5 Å². The highest BCUT2D eigenvalue weighted by molar-refractivity contribution is 8.00. The lowest BCUT2D eigenvalue weighted by Gasteiger charge is -2.16. The maximum Gasteiger partial charge on any atom is 0.258 e. The number of anilines is 2. The number of hydrogen-bond donors (Lipinski definition) is 2. The van der Waals surface area contributed by atoms with Crippen molar-refractivity contribution >= 4 is 46.1 Å². The van der Waals surface area contributed by atoms with Gasteiger partial charge in [-0.05, 0) is 73.2 Å². The van der Waals surface area contributed by atoms with Gasteiger partial charge in [0.05, 0.1) is 10.8 Å². The molecule has 2 amide bonds. The van der Waals surface area contributed by atoms with E-state index < -0.39 is 11.7 Å². The van der Waals surface area contributed by atoms with Crippen LogP contribution in [0, 0.1) is 5.82 Å². The van der Waals surface area contributed by atoms with Gasteiger partial charge in [-0.25, -0.2) is 9.37 Å². The van der Waals surface area contributed by atoms with E-state index in [1.54, 1.807) is 24.3 Å². The van der Waals surface area contributed by atoms with E-state index in [-0.39, 0.29) is 16.7 Å². The number of nitrogens with zero attached hydrogens (tertiary/aromatic N) is 1. The molecule has 0 bridgehead atoms. The molecule has 1 atom stereocenters. The van der Waals surface area contributed by atoms with Crippen LogP contribution in [0.2, 0.25) is 0 Å². The largest absolute Gasteiger partial charge is 0.436 e. The van der Waals surface area contributed by atoms with Crippen LogP contribution < -0.4 is 10.6 Å². The molecule has 2 N–H and O–H groups in total. The van der Waals surface area contributed by atoms with Gasteiger partial charge in [-0.3, -0.25) is 9.59 Å². The third-order valence-electron chi connectivity index (χ3n) is 5.85. The molecular weight excluding hydrogens is 501 g/mol. The Morgan fingerprint density at radius 1 is 0.895 bits per heavy atom. The van der Waals surface area contributed by atoms with Crippen molar-refractivity contribution in [2.45, 2.75) is 23.5 Å². The van der Waals surface area contributed by atoms with Gasteiger partial charge in [0.15, 0.2) is 5.58 Å². The average Bonchev–Trinajstić information content (AvgIpc) is 3.37. The Bertz CT molecular complexity index is 1570. The van der Waals surface area contributed by atoms with Crippen LogP contribution in [-0.2, 0) is 4.79 Å². The van der Waals surface area contributed by atoms with E-state index in [1.165, 1.54) is 30.0 Å². The maximum absolute atomic E-state index is 13.9. The Kier molecular flexibility index (Phi) is 7.51. The summed E-state index contributed by atoms with van der Waals surface area (Å²) in [5, 5.41) is 5.33. The number of carbonyl (C=O) groups excluding carboxylic acids is 2. The monoisotopic (exact) mass is 525 g/mol. The summed E-state index contributed by atoms with van der Waals surface area (Å²) in [7, 11) is 0. The molecule has 5 aromatic rings. The fourth-order valence-electron chi connectivity index (χ4n) is 3.89. The van der Waals surface area contributed by atoms with E-state index in [1.807, 2.05) is 61.5 Å². The number of fused-ring (bicyclic) bond motifs is 1. The Morgan fingerprint density at radius 3 is 2.42 bits per heavy atom. The number of halogens is 1. The summed E-state index contributed by atoms with van der Waals surface area (Å²) >= 11 is 1.40. The number of oxazole rings is 1. The second-order valence-corrected chi connectivity index (χ2v) is 9.81. The van der Waals surface area contributed by atoms with Gasteiger partial charge in [0.2, 0.25) is 11.8 Å². The van der Waals surface area contributed by atoms with Crippen LogP contribution in [0.1, 0.15) is 23.7 Å². The summed E-state index contributed by atoms with van der Waals surface area (Å²) in [6.07, 6.45) is 0.600. The van der Waals surface area contributed by atoms with Gasteiger partial charge in [0.1, 0.15) is 11.3 Å². The van der Waals surface area contributed by atoms with Gasteiger partial charge in [-0.2, -0.15) is 0 Å². The van der Waals surface area contributed by atoms with Crippen LogP contribution in [0.3, 0.4) is 0 Å². The van der Waals surface area contributed by atoms with E-state index in [9.17, 15) is 14.0 Å². The molecule has 0 radical (unpaired) electrons. The molecule has 190 valence electrons. The summed E-state index contributed by atoms with van der Waals surface area (Å²) in [5.74, 6) is -0.725. The van der Waals surface area contributed by atoms with Crippen molar-refractivity contribution in [2.75, 3.05) is 10.6 Å². The van der Waals surface area contributed by atoms with Gasteiger partial charge in [0.25, 0.3) is 5.91 Å². The van der Waals surface area contributed by atoms with E-state index in [4.69, 9.17) is 4.42 Å². The topological polar surface area (TPSA) is 84.2 Å². The zero-order chi connectivity index (χ0) is 26.5. The molecule has 1 unspecified atom stereocenters. The summed E-state index contributed by atoms with van der Waals surface area (Å²) in [6.45, 7) is 1.94. The Hall–Kier alpha value is -4.43. The first-order valence-corrected chi connectivity index (χ1v) is 13.0. The average molecular weight is 526 g/mol. The number of hydrogen-bond acceptors (Lipinski definition) is 5. The van der Waals surface area contributed by atoms with Crippen molar-refractivity contribution in [3.63, 3.8) is 0 Å². The highest BCUT2D eigenvalue weighted by Gasteiger charge is 2.19. The summed E-state index contributed by atoms with van der Waals surface area (Å²) in [5.41, 5.74) is 3.48. The number of thioether (sulfide) groups is 1. The van der Waals surface area contributed by atoms with Crippen LogP contribution in [-0.4, -0.2) is 22.0 Å². The molecule has 1 aromatic heterocycles. The van der Waals surface area contributed by atoms with Crippen molar-refractivity contribution in [1.29, 1.82) is 0 Å². The van der Waals surface area contributed by atoms with Crippen LogP contribution in [0.25, 0.3) is 22.6 Å². The minimum absolute atomic E-state index is 0.0292. The van der Waals surface area contributed by atoms with Crippen LogP contribution in [0.5, 0.6) is 0 Å². The standard InChI is InChI=1S/C30H24FN3O3S/c1-2-27(38-22-9-7-8-21(18-22)33-28(35)23-10-3-4-11-24(23)31)29(36)32-20-16-14-19(15-17-20)30-34-25-12-5-6-13-26(25)37-30/h3-18,27H,2H2,1H3,(H,32,36)(H,33,35). The molecule has 6 nitrogen and oxygen atoms in total. The van der Waals surface area contributed by atoms with Gasteiger partial charge in [-0.1, -0.05) is 37.3 Å². The third-order valence-corrected chi connectivity index (χ3v) is 7.20. The van der Waals surface area contributed by atoms with Crippen molar-refractivity contribution in [2.24, 2.45) is 0 Å². The predicted molar refractivity (Wildman–Crippen MR) is 149 cm³/mol. The second kappa shape index (κ2) is 11.3. The van der Waals surface area contributed by atoms with Crippen molar-refractivity contribution in [1.82, 2.24) is 4.98 Å². The van der Waals surface area contributed by atoms with E-state index in [0.29, 0.717) is 23.7 Å². The number of amides is 2. The molecule has 38 heavy (non-hydrogen) atoms. The van der Waals surface area contributed by atoms with Crippen LogP contribution in [0.4, 0.5) is 15.8 Å². The first-order chi connectivity index (χ1) is 18.5. The fourth-order valence-corrected chi connectivity index (χ4v) is 4.91. The highest BCUT2D eigenvalue weighted by atomic mass is 32.2. The molecule has 0 fully saturated rings. The molecule has 0 spiro atoms. The Labute approximate surface area is 223 Å². The molecule has 4 aromatic carbocycles. The molecular formula is C30H24FN3O3S. The third kappa shape index (κ3) is 5.76. The first-order valence-electron chi connectivity index (χ1n) is 12.1. The summed E-state index contributed by atoms with van der Waals surface area (Å²) in [6, 6.07) is 27.9. The molecule has 0 aliphatic rings. The number of aromatic nitrogens is 1. The normalized spacial score (nSPS) is 11.7. The minimum atomic E-state index is -0.583. The number of rotatable bonds is 8. The molecule has 0 aliphatic heterocycles. The molecule has 0 saturated carbocycles. The quantitative estimate of drug-likeness (QED) is 0.206. The molecule has 8 heteroatoms. The summed E-state index contributed by atoms with van der Waals surface area (Å²) < 4.78 is 19.8. The smallest absolute Gasteiger partial charge is 0.258 e. The first kappa shape index (κ1) is 25.2. The molecule has 5 rings (SSSR count). The second-order valence-electron chi connectivity index (χ2n) is 8.53. The molecule has 0 aliphatic carbocycles. The Balaban J connectivity index is 1.22. The zero-order valence-corrected chi connectivity index (χ0v) is 21.3. The fraction of sp³-hybridized carbons (Fsp3) is 0.100. The van der Waals surface area contributed by atoms with Crippen LogP contribution >= 0.6 is 11.8 Å². The Morgan fingerprint density at radius 2 is 1.66 bits per heavy atom. The van der Waals surface area contributed by atoms with Crippen LogP contribution in [0.15, 0.2) is 106 Å².